The highest BCUT2D eigenvalue weighted by atomic mass is 16.6. The molecule has 1 atom stereocenters. The highest BCUT2D eigenvalue weighted by Crippen LogP contribution is 2.16. The van der Waals surface area contributed by atoms with Gasteiger partial charge in [0.05, 0.1) is 6.10 Å². The number of nitrogens with zero attached hydrogens (tertiary/aromatic N) is 1. The molecule has 0 heterocycles. The smallest absolute Gasteiger partial charge is 0.305 e. The zero-order chi connectivity index (χ0) is 48.9. The Labute approximate surface area is 415 Å². The zero-order valence-electron chi connectivity index (χ0n) is 46.1. The Morgan fingerprint density at radius 1 is 0.409 bits per heavy atom. The van der Waals surface area contributed by atoms with E-state index < -0.39 is 0 Å². The van der Waals surface area contributed by atoms with Crippen LogP contribution in [0.1, 0.15) is 310 Å². The van der Waals surface area contributed by atoms with Crippen molar-refractivity contribution < 1.29 is 29.2 Å². The summed E-state index contributed by atoms with van der Waals surface area (Å²) in [4.78, 5) is 13.8. The summed E-state index contributed by atoms with van der Waals surface area (Å²) in [5.74, 6) is -0.141. The van der Waals surface area contributed by atoms with Gasteiger partial charge in [-0.1, -0.05) is 271 Å². The molecule has 0 bridgehead atoms. The Hall–Kier alpha value is -0.730. The fraction of sp³-hybridized carbons (Fsp3) is 0.983. The number of carbonyl (C=O) groups is 1. The molecule has 66 heavy (non-hydrogen) atoms. The van der Waals surface area contributed by atoms with E-state index >= 15 is 0 Å². The molecule has 0 aromatic heterocycles. The van der Waals surface area contributed by atoms with Crippen LogP contribution in [0.4, 0.5) is 0 Å². The summed E-state index contributed by atoms with van der Waals surface area (Å²) in [6.07, 6.45) is 59.6. The van der Waals surface area contributed by atoms with Crippen molar-refractivity contribution in [2.45, 2.75) is 316 Å². The number of hydrogen-bond donors (Lipinski definition) is 2. The predicted molar refractivity (Wildman–Crippen MR) is 290 cm³/mol. The molecule has 0 spiro atoms. The van der Waals surface area contributed by atoms with Gasteiger partial charge in [-0.15, -0.1) is 0 Å². The maximum atomic E-state index is 11.8. The van der Waals surface area contributed by atoms with Crippen molar-refractivity contribution in [1.29, 1.82) is 0 Å². The van der Waals surface area contributed by atoms with Crippen LogP contribution < -0.4 is 0 Å². The van der Waals surface area contributed by atoms with Crippen LogP contribution in [0.15, 0.2) is 0 Å². The Morgan fingerprint density at radius 3 is 0.970 bits per heavy atom. The number of unbranched alkanes of at least 4 members (excludes halogenated alkanes) is 39. The SMILES string of the molecule is CCCCCCCCCCCCCCCCO.CCCCCCCCCCCCCCCCO.CCCCCCCCCCCCCCCCOCCC(COC(=O)CCCN(C)C)OC. The lowest BCUT2D eigenvalue weighted by Crippen LogP contribution is -2.23. The highest BCUT2D eigenvalue weighted by molar-refractivity contribution is 5.69. The maximum absolute atomic E-state index is 11.8. The molecule has 0 radical (unpaired) electrons. The van der Waals surface area contributed by atoms with E-state index in [1.54, 1.807) is 7.11 Å². The molecule has 0 aliphatic carbocycles. The lowest BCUT2D eigenvalue weighted by Gasteiger charge is -2.16. The average molecular weight is 943 g/mol. The molecule has 0 aromatic rings. The minimum Gasteiger partial charge on any atom is -0.463 e. The molecule has 0 aliphatic heterocycles. The third-order valence-corrected chi connectivity index (χ3v) is 13.0. The van der Waals surface area contributed by atoms with Gasteiger partial charge < -0.3 is 29.3 Å². The Kier molecular flexibility index (Phi) is 69.9. The van der Waals surface area contributed by atoms with Crippen molar-refractivity contribution in [3.05, 3.63) is 0 Å². The molecule has 0 saturated carbocycles. The highest BCUT2D eigenvalue weighted by Gasteiger charge is 2.11. The van der Waals surface area contributed by atoms with Gasteiger partial charge in [0.25, 0.3) is 0 Å². The van der Waals surface area contributed by atoms with Crippen LogP contribution in [-0.2, 0) is 19.0 Å². The molecule has 0 rings (SSSR count). The molecule has 1 unspecified atom stereocenters. The molecule has 0 aromatic carbocycles. The number of carbonyl (C=O) groups excluding carboxylic acids is 1. The number of hydrogen-bond acceptors (Lipinski definition) is 7. The van der Waals surface area contributed by atoms with Gasteiger partial charge >= 0.3 is 5.97 Å². The first-order valence-electron chi connectivity index (χ1n) is 29.6. The second-order valence-corrected chi connectivity index (χ2v) is 20.1. The number of esters is 1. The van der Waals surface area contributed by atoms with Gasteiger partial charge in [-0.2, -0.15) is 0 Å². The summed E-state index contributed by atoms with van der Waals surface area (Å²) in [5.41, 5.74) is 0. The molecule has 7 heteroatoms. The first-order chi connectivity index (χ1) is 32.4. The first kappa shape index (κ1) is 69.5. The van der Waals surface area contributed by atoms with Crippen LogP contribution in [-0.4, -0.2) is 88.0 Å². The van der Waals surface area contributed by atoms with E-state index in [-0.39, 0.29) is 12.1 Å². The van der Waals surface area contributed by atoms with E-state index in [2.05, 4.69) is 25.7 Å². The molecule has 400 valence electrons. The van der Waals surface area contributed by atoms with Crippen molar-refractivity contribution in [1.82, 2.24) is 4.90 Å². The van der Waals surface area contributed by atoms with Gasteiger partial charge in [0.2, 0.25) is 0 Å². The lowest BCUT2D eigenvalue weighted by molar-refractivity contribution is -0.147. The van der Waals surface area contributed by atoms with Crippen LogP contribution in [0, 0.1) is 0 Å². The van der Waals surface area contributed by atoms with Crippen LogP contribution >= 0.6 is 0 Å². The predicted octanol–water partition coefficient (Wildman–Crippen LogP) is 17.7. The number of aliphatic hydroxyl groups excluding tert-OH is 2. The normalized spacial score (nSPS) is 11.7. The Bertz CT molecular complexity index is 770. The van der Waals surface area contributed by atoms with Crippen LogP contribution in [0.5, 0.6) is 0 Å². The summed E-state index contributed by atoms with van der Waals surface area (Å²) < 4.78 is 16.5. The number of aliphatic hydroxyl groups is 2. The number of ether oxygens (including phenoxy) is 3. The van der Waals surface area contributed by atoms with Crippen molar-refractivity contribution in [2.75, 3.05) is 60.8 Å². The molecular weight excluding hydrogens is 819 g/mol. The number of rotatable bonds is 53. The third-order valence-electron chi connectivity index (χ3n) is 13.0. The van der Waals surface area contributed by atoms with E-state index in [4.69, 9.17) is 24.4 Å². The molecule has 0 saturated heterocycles. The van der Waals surface area contributed by atoms with Gasteiger partial charge in [-0.05, 0) is 46.3 Å². The standard InChI is InChI=1S/C27H55NO4.2C16H34O/c1-5-6-7-8-9-10-11-12-13-14-15-16-17-18-23-31-24-21-26(30-4)25-32-27(29)20-19-22-28(2)3;2*1-2-3-4-5-6-7-8-9-10-11-12-13-14-15-16-17/h26H,5-25H2,1-4H3;2*17H,2-16H2,1H3. The minimum atomic E-state index is -0.141. The first-order valence-corrected chi connectivity index (χ1v) is 29.6. The molecule has 7 nitrogen and oxygen atoms in total. The van der Waals surface area contributed by atoms with Crippen molar-refractivity contribution in [3.8, 4) is 0 Å². The van der Waals surface area contributed by atoms with E-state index in [0.29, 0.717) is 32.8 Å². The van der Waals surface area contributed by atoms with E-state index in [1.165, 1.54) is 250 Å². The molecule has 2 N–H and O–H groups in total. The molecule has 0 aliphatic rings. The fourth-order valence-corrected chi connectivity index (χ4v) is 8.40. The fourth-order valence-electron chi connectivity index (χ4n) is 8.40. The van der Waals surface area contributed by atoms with Crippen molar-refractivity contribution >= 4 is 5.97 Å². The van der Waals surface area contributed by atoms with Gasteiger partial charge in [0.1, 0.15) is 6.61 Å². The molecule has 0 fully saturated rings. The van der Waals surface area contributed by atoms with Crippen molar-refractivity contribution in [3.63, 3.8) is 0 Å². The summed E-state index contributed by atoms with van der Waals surface area (Å²) in [7, 11) is 5.67. The third kappa shape index (κ3) is 69.8. The van der Waals surface area contributed by atoms with Gasteiger partial charge in [0, 0.05) is 46.4 Å². The number of methoxy groups -OCH3 is 1. The van der Waals surface area contributed by atoms with Gasteiger partial charge in [0.15, 0.2) is 0 Å². The van der Waals surface area contributed by atoms with E-state index in [9.17, 15) is 4.79 Å². The lowest BCUT2D eigenvalue weighted by atomic mass is 10.0. The largest absolute Gasteiger partial charge is 0.463 e. The second-order valence-electron chi connectivity index (χ2n) is 20.1. The Morgan fingerprint density at radius 2 is 0.697 bits per heavy atom. The summed E-state index contributed by atoms with van der Waals surface area (Å²) in [6, 6.07) is 0. The minimum absolute atomic E-state index is 0.0795. The van der Waals surface area contributed by atoms with Gasteiger partial charge in [-0.25, -0.2) is 0 Å². The van der Waals surface area contributed by atoms with Crippen molar-refractivity contribution in [2.24, 2.45) is 0 Å². The topological polar surface area (TPSA) is 88.5 Å². The van der Waals surface area contributed by atoms with Crippen LogP contribution in [0.3, 0.4) is 0 Å². The molecule has 0 amide bonds. The van der Waals surface area contributed by atoms with E-state index in [0.717, 1.165) is 45.3 Å². The van der Waals surface area contributed by atoms with Crippen LogP contribution in [0.25, 0.3) is 0 Å². The van der Waals surface area contributed by atoms with Gasteiger partial charge in [-0.3, -0.25) is 4.79 Å². The summed E-state index contributed by atoms with van der Waals surface area (Å²) in [6.45, 7) is 10.3. The summed E-state index contributed by atoms with van der Waals surface area (Å²) in [5, 5.41) is 17.3. The second kappa shape index (κ2) is 66.4. The average Bonchev–Trinajstić information content (AvgIpc) is 3.31. The zero-order valence-corrected chi connectivity index (χ0v) is 46.1. The Balaban J connectivity index is -0.000000986. The van der Waals surface area contributed by atoms with Crippen LogP contribution in [0.2, 0.25) is 0 Å². The molecular formula is C59H123NO6. The monoisotopic (exact) mass is 942 g/mol. The maximum Gasteiger partial charge on any atom is 0.305 e. The summed E-state index contributed by atoms with van der Waals surface area (Å²) >= 11 is 0. The van der Waals surface area contributed by atoms with E-state index in [1.807, 2.05) is 14.1 Å². The quantitative estimate of drug-likeness (QED) is 0.0464.